The normalized spacial score (nSPS) is 11.7. The van der Waals surface area contributed by atoms with Crippen molar-refractivity contribution in [3.63, 3.8) is 0 Å². The minimum atomic E-state index is -0.941. The van der Waals surface area contributed by atoms with E-state index in [1.807, 2.05) is 6.92 Å². The molecule has 2 aromatic carbocycles. The number of hydrogen-bond acceptors (Lipinski definition) is 6. The highest BCUT2D eigenvalue weighted by molar-refractivity contribution is 5.99. The predicted octanol–water partition coefficient (Wildman–Crippen LogP) is 5.86. The summed E-state index contributed by atoms with van der Waals surface area (Å²) in [4.78, 5) is 55.0. The Balaban J connectivity index is 2.24. The van der Waals surface area contributed by atoms with Crippen LogP contribution in [0.15, 0.2) is 72.2 Å². The van der Waals surface area contributed by atoms with Gasteiger partial charge in [0.15, 0.2) is 11.4 Å². The highest BCUT2D eigenvalue weighted by Gasteiger charge is 2.32. The molecule has 0 radical (unpaired) electrons. The number of benzene rings is 2. The van der Waals surface area contributed by atoms with Gasteiger partial charge in [-0.3, -0.25) is 14.4 Å². The zero-order chi connectivity index (χ0) is 34.7. The fourth-order valence-electron chi connectivity index (χ4n) is 4.54. The Kier molecular flexibility index (Phi) is 12.8. The maximum Gasteiger partial charge on any atom is 0.429 e. The Morgan fingerprint density at radius 2 is 1.77 bits per heavy atom. The summed E-state index contributed by atoms with van der Waals surface area (Å²) in [6.45, 7) is 12.1. The van der Waals surface area contributed by atoms with Crippen LogP contribution in [0.5, 0.6) is 5.75 Å². The Labute approximate surface area is 273 Å². The summed E-state index contributed by atoms with van der Waals surface area (Å²) in [5, 5.41) is 6.28. The third-order valence-corrected chi connectivity index (χ3v) is 6.84. The van der Waals surface area contributed by atoms with Crippen LogP contribution >= 0.6 is 0 Å². The minimum absolute atomic E-state index is 0.0222. The summed E-state index contributed by atoms with van der Waals surface area (Å²) in [5.74, 6) is -3.97. The summed E-state index contributed by atoms with van der Waals surface area (Å²) in [5.41, 5.74) is -2.03. The molecule has 1 heterocycles. The van der Waals surface area contributed by atoms with E-state index in [0.29, 0.717) is 24.5 Å². The number of rotatable bonds is 14. The number of nitrogens with one attached hydrogen (secondary N) is 2. The Hall–Kier alpha value is -5.00. The van der Waals surface area contributed by atoms with E-state index in [2.05, 4.69) is 17.2 Å². The molecular formula is C35H42F2N4O6. The number of amides is 3. The average molecular weight is 653 g/mol. The molecule has 0 aliphatic carbocycles. The fraction of sp³-hybridized carbons (Fsp3) is 0.371. The molecule has 0 saturated carbocycles. The van der Waals surface area contributed by atoms with Crippen molar-refractivity contribution in [3.05, 3.63) is 112 Å². The van der Waals surface area contributed by atoms with E-state index in [-0.39, 0.29) is 43.4 Å². The van der Waals surface area contributed by atoms with Gasteiger partial charge in [0.2, 0.25) is 5.43 Å². The molecule has 0 unspecified atom stereocenters. The third-order valence-electron chi connectivity index (χ3n) is 6.84. The van der Waals surface area contributed by atoms with Crippen LogP contribution < -0.4 is 25.8 Å². The van der Waals surface area contributed by atoms with Crippen LogP contribution in [0.1, 0.15) is 79.4 Å². The lowest BCUT2D eigenvalue weighted by Crippen LogP contribution is -2.49. The number of carbonyl (C=O) groups is 3. The molecule has 0 aliphatic rings. The van der Waals surface area contributed by atoms with Gasteiger partial charge < -0.3 is 20.1 Å². The number of nitrogens with zero attached hydrogens (tertiary/aromatic N) is 2. The fourth-order valence-corrected chi connectivity index (χ4v) is 4.54. The van der Waals surface area contributed by atoms with E-state index in [1.54, 1.807) is 64.1 Å². The maximum atomic E-state index is 14.3. The van der Waals surface area contributed by atoms with E-state index in [9.17, 15) is 28.0 Å². The SMILES string of the molecule is C=CCC[C@H](C)CN(C(=O)OC(C)(C)C)n1cc(C(=O)NCc2ccc(F)cc2F)c(=O)c(OCc2ccccc2)c1C(=O)NCC. The summed E-state index contributed by atoms with van der Waals surface area (Å²) >= 11 is 0. The standard InChI is InChI=1S/C35H42F2N4O6/c1-7-9-13-23(3)20-41(34(45)47-35(4,5)6)40-21-27(32(43)39-19-25-16-17-26(36)18-28(25)37)30(42)31(29(40)33(44)38-8-2)46-22-24-14-11-10-12-15-24/h7,10-12,14-18,21,23H,1,8-9,13,19-20,22H2,2-6H3,(H,38,44)(H,39,43)/t23-/m0/s1. The number of allylic oxidation sites excluding steroid dienone is 1. The van der Waals surface area contributed by atoms with Gasteiger partial charge in [-0.2, -0.15) is 0 Å². The van der Waals surface area contributed by atoms with Crippen LogP contribution in [0.4, 0.5) is 13.6 Å². The van der Waals surface area contributed by atoms with Crippen molar-refractivity contribution >= 4 is 17.9 Å². The van der Waals surface area contributed by atoms with Crippen LogP contribution in [0.3, 0.4) is 0 Å². The van der Waals surface area contributed by atoms with Gasteiger partial charge in [0.25, 0.3) is 11.8 Å². The van der Waals surface area contributed by atoms with Crippen LogP contribution in [0.25, 0.3) is 0 Å². The van der Waals surface area contributed by atoms with Gasteiger partial charge in [0, 0.05) is 37.5 Å². The molecule has 3 aromatic rings. The second-order valence-electron chi connectivity index (χ2n) is 12.0. The summed E-state index contributed by atoms with van der Waals surface area (Å²) in [6, 6.07) is 11.8. The molecule has 2 N–H and O–H groups in total. The number of pyridine rings is 1. The molecule has 0 saturated heterocycles. The molecule has 47 heavy (non-hydrogen) atoms. The van der Waals surface area contributed by atoms with Crippen molar-refractivity contribution in [2.45, 2.75) is 66.2 Å². The van der Waals surface area contributed by atoms with Gasteiger partial charge in [0.1, 0.15) is 29.4 Å². The van der Waals surface area contributed by atoms with Crippen LogP contribution in [-0.2, 0) is 17.9 Å². The highest BCUT2D eigenvalue weighted by Crippen LogP contribution is 2.22. The zero-order valence-electron chi connectivity index (χ0n) is 27.4. The third kappa shape index (κ3) is 10.2. The number of halogens is 2. The van der Waals surface area contributed by atoms with Crippen LogP contribution in [0.2, 0.25) is 0 Å². The highest BCUT2D eigenvalue weighted by atomic mass is 19.1. The first kappa shape index (κ1) is 36.5. The van der Waals surface area contributed by atoms with Crippen LogP contribution in [-0.4, -0.2) is 41.3 Å². The molecule has 12 heteroatoms. The summed E-state index contributed by atoms with van der Waals surface area (Å²) < 4.78 is 40.6. The average Bonchev–Trinajstić information content (AvgIpc) is 3.01. The van der Waals surface area contributed by atoms with E-state index < -0.39 is 51.9 Å². The lowest BCUT2D eigenvalue weighted by molar-refractivity contribution is 0.0527. The van der Waals surface area contributed by atoms with Crippen molar-refractivity contribution in [1.29, 1.82) is 0 Å². The van der Waals surface area contributed by atoms with Crippen molar-refractivity contribution < 1.29 is 32.6 Å². The minimum Gasteiger partial charge on any atom is -0.482 e. The van der Waals surface area contributed by atoms with Gasteiger partial charge in [-0.25, -0.2) is 23.3 Å². The first-order valence-electron chi connectivity index (χ1n) is 15.3. The molecule has 252 valence electrons. The van der Waals surface area contributed by atoms with E-state index in [1.165, 1.54) is 6.07 Å². The van der Waals surface area contributed by atoms with E-state index in [4.69, 9.17) is 9.47 Å². The van der Waals surface area contributed by atoms with Crippen molar-refractivity contribution in [2.24, 2.45) is 5.92 Å². The number of aromatic nitrogens is 1. The number of ether oxygens (including phenoxy) is 2. The predicted molar refractivity (Wildman–Crippen MR) is 175 cm³/mol. The molecule has 0 fully saturated rings. The molecule has 0 spiro atoms. The number of hydrogen-bond donors (Lipinski definition) is 2. The first-order valence-corrected chi connectivity index (χ1v) is 15.3. The smallest absolute Gasteiger partial charge is 0.429 e. The lowest BCUT2D eigenvalue weighted by Gasteiger charge is -2.32. The first-order chi connectivity index (χ1) is 22.2. The van der Waals surface area contributed by atoms with Gasteiger partial charge in [-0.05, 0) is 58.1 Å². The van der Waals surface area contributed by atoms with Crippen molar-refractivity contribution in [2.75, 3.05) is 18.1 Å². The summed E-state index contributed by atoms with van der Waals surface area (Å²) in [7, 11) is 0. The molecule has 1 atom stereocenters. The second kappa shape index (κ2) is 16.5. The Morgan fingerprint density at radius 1 is 1.06 bits per heavy atom. The van der Waals surface area contributed by atoms with Crippen molar-refractivity contribution in [1.82, 2.24) is 15.3 Å². The Morgan fingerprint density at radius 3 is 2.38 bits per heavy atom. The topological polar surface area (TPSA) is 119 Å². The molecule has 10 nitrogen and oxygen atoms in total. The Bertz CT molecular complexity index is 1640. The molecule has 3 amide bonds. The molecule has 3 rings (SSSR count). The zero-order valence-corrected chi connectivity index (χ0v) is 27.4. The largest absolute Gasteiger partial charge is 0.482 e. The molecular weight excluding hydrogens is 610 g/mol. The van der Waals surface area contributed by atoms with E-state index in [0.717, 1.165) is 21.9 Å². The summed E-state index contributed by atoms with van der Waals surface area (Å²) in [6.07, 6.45) is 3.26. The van der Waals surface area contributed by atoms with Gasteiger partial charge in [-0.1, -0.05) is 49.4 Å². The van der Waals surface area contributed by atoms with Crippen molar-refractivity contribution in [3.8, 4) is 5.75 Å². The van der Waals surface area contributed by atoms with E-state index >= 15 is 0 Å². The van der Waals surface area contributed by atoms with Gasteiger partial charge >= 0.3 is 6.09 Å². The lowest BCUT2D eigenvalue weighted by atomic mass is 10.1. The molecule has 0 aliphatic heterocycles. The van der Waals surface area contributed by atoms with Crippen LogP contribution in [0, 0.1) is 17.6 Å². The molecule has 1 aromatic heterocycles. The molecule has 0 bridgehead atoms. The maximum absolute atomic E-state index is 14.3. The second-order valence-corrected chi connectivity index (χ2v) is 12.0. The number of carbonyl (C=O) groups excluding carboxylic acids is 3. The van der Waals surface area contributed by atoms with Gasteiger partial charge in [-0.15, -0.1) is 6.58 Å². The monoisotopic (exact) mass is 652 g/mol. The van der Waals surface area contributed by atoms with Gasteiger partial charge in [0.05, 0.1) is 0 Å². The quantitative estimate of drug-likeness (QED) is 0.211.